The lowest BCUT2D eigenvalue weighted by atomic mass is 10.1. The van der Waals surface area contributed by atoms with Gasteiger partial charge in [-0.3, -0.25) is 4.79 Å². The topological polar surface area (TPSA) is 39.4 Å². The molecule has 1 heterocycles. The molecule has 2 aromatic rings. The normalized spacial score (nSPS) is 10.3. The number of hydrogen-bond donors (Lipinski definition) is 0. The highest BCUT2D eigenvalue weighted by Gasteiger charge is 2.18. The molecule has 4 heteroatoms. The van der Waals surface area contributed by atoms with E-state index in [1.54, 1.807) is 25.3 Å². The molecule has 2 rings (SSSR count). The predicted molar refractivity (Wildman–Crippen MR) is 67.6 cm³/mol. The van der Waals surface area contributed by atoms with Gasteiger partial charge in [-0.25, -0.2) is 0 Å². The molecule has 0 unspecified atom stereocenters. The van der Waals surface area contributed by atoms with Crippen LogP contribution < -0.4 is 4.74 Å². The van der Waals surface area contributed by atoms with E-state index in [0.717, 1.165) is 10.0 Å². The van der Waals surface area contributed by atoms with E-state index in [-0.39, 0.29) is 5.78 Å². The van der Waals surface area contributed by atoms with Crippen LogP contribution >= 0.6 is 15.9 Å². The van der Waals surface area contributed by atoms with Crippen LogP contribution in [0.4, 0.5) is 0 Å². The first-order valence-electron chi connectivity index (χ1n) is 5.06. The molecular formula is C13H11BrO3. The average Bonchev–Trinajstić information content (AvgIpc) is 2.84. The average molecular weight is 295 g/mol. The maximum atomic E-state index is 12.2. The molecule has 1 aromatic heterocycles. The number of carbonyl (C=O) groups excluding carboxylic acids is 1. The molecular weight excluding hydrogens is 284 g/mol. The Bertz CT molecular complexity index is 544. The molecule has 0 N–H and O–H groups in total. The van der Waals surface area contributed by atoms with Crippen LogP contribution in [0.5, 0.6) is 5.75 Å². The lowest BCUT2D eigenvalue weighted by Crippen LogP contribution is -2.03. The molecule has 0 radical (unpaired) electrons. The van der Waals surface area contributed by atoms with Crippen molar-refractivity contribution >= 4 is 21.7 Å². The number of ketones is 1. The van der Waals surface area contributed by atoms with E-state index in [0.29, 0.717) is 17.1 Å². The molecule has 0 atom stereocenters. The number of furan rings is 1. The van der Waals surface area contributed by atoms with Crippen molar-refractivity contribution in [1.82, 2.24) is 0 Å². The zero-order valence-corrected chi connectivity index (χ0v) is 11.1. The molecule has 0 amide bonds. The van der Waals surface area contributed by atoms with Crippen LogP contribution in [0.25, 0.3) is 0 Å². The van der Waals surface area contributed by atoms with E-state index in [4.69, 9.17) is 9.15 Å². The Morgan fingerprint density at radius 3 is 2.76 bits per heavy atom. The third-order valence-electron chi connectivity index (χ3n) is 2.47. The van der Waals surface area contributed by atoms with Crippen LogP contribution in [0, 0.1) is 6.92 Å². The van der Waals surface area contributed by atoms with Crippen molar-refractivity contribution in [2.45, 2.75) is 6.92 Å². The standard InChI is InChI=1S/C13H11BrO3/c1-8-6-12(16-2)9(7-10(8)14)13(15)11-4-3-5-17-11/h3-7H,1-2H3. The lowest BCUT2D eigenvalue weighted by molar-refractivity contribution is 0.101. The fraction of sp³-hybridized carbons (Fsp3) is 0.154. The first kappa shape index (κ1) is 11.9. The largest absolute Gasteiger partial charge is 0.496 e. The minimum absolute atomic E-state index is 0.187. The maximum absolute atomic E-state index is 12.2. The van der Waals surface area contributed by atoms with Gasteiger partial charge in [0.05, 0.1) is 18.9 Å². The Labute approximate surface area is 108 Å². The van der Waals surface area contributed by atoms with Gasteiger partial charge in [0.15, 0.2) is 5.76 Å². The quantitative estimate of drug-likeness (QED) is 0.812. The van der Waals surface area contributed by atoms with Gasteiger partial charge in [0, 0.05) is 4.47 Å². The second-order valence-corrected chi connectivity index (χ2v) is 4.46. The van der Waals surface area contributed by atoms with Crippen LogP contribution in [0.1, 0.15) is 21.7 Å². The Morgan fingerprint density at radius 2 is 2.18 bits per heavy atom. The molecule has 0 aliphatic heterocycles. The Balaban J connectivity index is 2.51. The fourth-order valence-corrected chi connectivity index (χ4v) is 1.89. The maximum Gasteiger partial charge on any atom is 0.231 e. The molecule has 0 aliphatic rings. The summed E-state index contributed by atoms with van der Waals surface area (Å²) in [5.41, 5.74) is 1.50. The Morgan fingerprint density at radius 1 is 1.41 bits per heavy atom. The van der Waals surface area contributed by atoms with Crippen molar-refractivity contribution in [3.63, 3.8) is 0 Å². The number of halogens is 1. The highest BCUT2D eigenvalue weighted by Crippen LogP contribution is 2.28. The minimum Gasteiger partial charge on any atom is -0.496 e. The van der Waals surface area contributed by atoms with Gasteiger partial charge in [0.25, 0.3) is 0 Å². The van der Waals surface area contributed by atoms with Crippen molar-refractivity contribution < 1.29 is 13.9 Å². The summed E-state index contributed by atoms with van der Waals surface area (Å²) in [7, 11) is 1.54. The van der Waals surface area contributed by atoms with E-state index < -0.39 is 0 Å². The van der Waals surface area contributed by atoms with Gasteiger partial charge >= 0.3 is 0 Å². The van der Waals surface area contributed by atoms with E-state index in [1.807, 2.05) is 13.0 Å². The first-order chi connectivity index (χ1) is 8.13. The van der Waals surface area contributed by atoms with E-state index >= 15 is 0 Å². The van der Waals surface area contributed by atoms with Gasteiger partial charge in [-0.1, -0.05) is 15.9 Å². The smallest absolute Gasteiger partial charge is 0.231 e. The van der Waals surface area contributed by atoms with Crippen LogP contribution in [-0.4, -0.2) is 12.9 Å². The number of carbonyl (C=O) groups is 1. The number of rotatable bonds is 3. The number of hydrogen-bond acceptors (Lipinski definition) is 3. The summed E-state index contributed by atoms with van der Waals surface area (Å²) in [5, 5.41) is 0. The second-order valence-electron chi connectivity index (χ2n) is 3.61. The van der Waals surface area contributed by atoms with Crippen LogP contribution in [0.2, 0.25) is 0 Å². The monoisotopic (exact) mass is 294 g/mol. The molecule has 0 spiro atoms. The van der Waals surface area contributed by atoms with Crippen LogP contribution in [-0.2, 0) is 0 Å². The van der Waals surface area contributed by atoms with Crippen molar-refractivity contribution in [1.29, 1.82) is 0 Å². The zero-order valence-electron chi connectivity index (χ0n) is 9.49. The van der Waals surface area contributed by atoms with Crippen molar-refractivity contribution in [2.24, 2.45) is 0 Å². The minimum atomic E-state index is -0.187. The van der Waals surface area contributed by atoms with Gasteiger partial charge in [-0.05, 0) is 36.8 Å². The summed E-state index contributed by atoms with van der Waals surface area (Å²) in [5.74, 6) is 0.665. The third-order valence-corrected chi connectivity index (χ3v) is 3.32. The molecule has 0 saturated heterocycles. The van der Waals surface area contributed by atoms with E-state index in [1.165, 1.54) is 6.26 Å². The highest BCUT2D eigenvalue weighted by molar-refractivity contribution is 9.10. The number of aryl methyl sites for hydroxylation is 1. The summed E-state index contributed by atoms with van der Waals surface area (Å²) in [4.78, 5) is 12.2. The van der Waals surface area contributed by atoms with Crippen molar-refractivity contribution in [3.8, 4) is 5.75 Å². The molecule has 0 saturated carbocycles. The summed E-state index contributed by atoms with van der Waals surface area (Å²) < 4.78 is 11.2. The third kappa shape index (κ3) is 2.26. The SMILES string of the molecule is COc1cc(C)c(Br)cc1C(=O)c1ccco1. The molecule has 0 bridgehead atoms. The Kier molecular flexibility index (Phi) is 3.33. The number of ether oxygens (including phenoxy) is 1. The molecule has 17 heavy (non-hydrogen) atoms. The molecule has 3 nitrogen and oxygen atoms in total. The number of benzene rings is 1. The lowest BCUT2D eigenvalue weighted by Gasteiger charge is -2.09. The summed E-state index contributed by atoms with van der Waals surface area (Å²) in [6.45, 7) is 1.94. The molecule has 0 fully saturated rings. The second kappa shape index (κ2) is 4.75. The summed E-state index contributed by atoms with van der Waals surface area (Å²) >= 11 is 3.40. The van der Waals surface area contributed by atoms with Crippen LogP contribution in [0.3, 0.4) is 0 Å². The zero-order chi connectivity index (χ0) is 12.4. The summed E-state index contributed by atoms with van der Waals surface area (Å²) in [6, 6.07) is 6.89. The number of methoxy groups -OCH3 is 1. The van der Waals surface area contributed by atoms with Gasteiger partial charge in [0.1, 0.15) is 5.75 Å². The van der Waals surface area contributed by atoms with Gasteiger partial charge in [0.2, 0.25) is 5.78 Å². The van der Waals surface area contributed by atoms with Gasteiger partial charge in [-0.15, -0.1) is 0 Å². The van der Waals surface area contributed by atoms with Crippen molar-refractivity contribution in [3.05, 3.63) is 51.9 Å². The first-order valence-corrected chi connectivity index (χ1v) is 5.85. The molecule has 0 aliphatic carbocycles. The van der Waals surface area contributed by atoms with E-state index in [9.17, 15) is 4.79 Å². The van der Waals surface area contributed by atoms with Gasteiger partial charge in [-0.2, -0.15) is 0 Å². The van der Waals surface area contributed by atoms with Crippen LogP contribution in [0.15, 0.2) is 39.4 Å². The fourth-order valence-electron chi connectivity index (χ4n) is 1.54. The molecule has 1 aromatic carbocycles. The van der Waals surface area contributed by atoms with E-state index in [2.05, 4.69) is 15.9 Å². The Hall–Kier alpha value is -1.55. The van der Waals surface area contributed by atoms with Gasteiger partial charge < -0.3 is 9.15 Å². The highest BCUT2D eigenvalue weighted by atomic mass is 79.9. The summed E-state index contributed by atoms with van der Waals surface area (Å²) in [6.07, 6.45) is 1.48. The predicted octanol–water partition coefficient (Wildman–Crippen LogP) is 3.59. The van der Waals surface area contributed by atoms with Crippen molar-refractivity contribution in [2.75, 3.05) is 7.11 Å². The molecule has 88 valence electrons.